The van der Waals surface area contributed by atoms with Crippen molar-refractivity contribution < 1.29 is 39.6 Å². The van der Waals surface area contributed by atoms with Crippen molar-refractivity contribution in [2.45, 2.75) is 6.54 Å². The minimum absolute atomic E-state index is 0.115. The van der Waals surface area contributed by atoms with E-state index in [1.165, 1.54) is 24.3 Å². The number of carbonyl (C=O) groups is 4. The molecule has 8 bridgehead atoms. The quantitative estimate of drug-likeness (QED) is 0.0881. The van der Waals surface area contributed by atoms with Crippen molar-refractivity contribution in [2.75, 3.05) is 0 Å². The molecule has 324 valence electrons. The van der Waals surface area contributed by atoms with E-state index in [1.54, 1.807) is 72.8 Å². The molecule has 3 aromatic heterocycles. The Kier molecular flexibility index (Phi) is 10.5. The average molecular weight is 881 g/mol. The van der Waals surface area contributed by atoms with Crippen LogP contribution in [0.15, 0.2) is 152 Å². The maximum Gasteiger partial charge on any atom is 0.335 e. The summed E-state index contributed by atoms with van der Waals surface area (Å²) in [6, 6.07) is 44.1. The summed E-state index contributed by atoms with van der Waals surface area (Å²) in [6.45, 7) is 0.372. The molecule has 0 amide bonds. The smallest absolute Gasteiger partial charge is 0.335 e. The minimum Gasteiger partial charge on any atom is -0.478 e. The van der Waals surface area contributed by atoms with Gasteiger partial charge in [0.05, 0.1) is 56.1 Å². The van der Waals surface area contributed by atoms with Crippen LogP contribution in [0.25, 0.3) is 90.9 Å². The van der Waals surface area contributed by atoms with Gasteiger partial charge in [-0.1, -0.05) is 78.9 Å². The van der Waals surface area contributed by atoms with Gasteiger partial charge in [0, 0.05) is 39.8 Å². The standard InChI is InChI=1S/C55H36N4O8/c60-52(61)36-14-6-32(7-15-36)48-40-22-23-41(56-40)49(33-8-16-37(17-9-33)53(62)63)43-25-27-45(58-43)51(35-12-20-39(21-13-35)55(66)67)47-29-28-46(59(47)30-31-4-2-1-3-5-31)50(44-26-24-42(48)57-44)34-10-18-38(19-11-34)54(64)65/h1-29,56H,30H2,(H,60,61)(H,62,63)(H,64,65)(H,66,67). The highest BCUT2D eigenvalue weighted by Crippen LogP contribution is 2.40. The molecule has 0 atom stereocenters. The second-order valence-electron chi connectivity index (χ2n) is 15.9. The van der Waals surface area contributed by atoms with Gasteiger partial charge in [0.1, 0.15) is 0 Å². The Bertz CT molecular complexity index is 3360. The first-order chi connectivity index (χ1) is 32.5. The van der Waals surface area contributed by atoms with Gasteiger partial charge in [-0.2, -0.15) is 0 Å². The second-order valence-corrected chi connectivity index (χ2v) is 15.9. The van der Waals surface area contributed by atoms with Crippen molar-refractivity contribution >= 4 is 70.2 Å². The highest BCUT2D eigenvalue weighted by molar-refractivity contribution is 6.01. The number of nitrogens with one attached hydrogen (secondary N) is 1. The third-order valence-electron chi connectivity index (χ3n) is 11.9. The molecule has 67 heavy (non-hydrogen) atoms. The van der Waals surface area contributed by atoms with Crippen molar-refractivity contribution in [3.63, 3.8) is 0 Å². The molecule has 5 heterocycles. The van der Waals surface area contributed by atoms with Crippen molar-refractivity contribution in [3.05, 3.63) is 202 Å². The molecule has 0 unspecified atom stereocenters. The Labute approximate surface area is 381 Å². The zero-order chi connectivity index (χ0) is 46.3. The average Bonchev–Trinajstić information content (AvgIpc) is 4.18. The number of H-pyrrole nitrogens is 1. The Morgan fingerprint density at radius 2 is 0.701 bits per heavy atom. The van der Waals surface area contributed by atoms with Crippen LogP contribution in [0.4, 0.5) is 0 Å². The van der Waals surface area contributed by atoms with Crippen LogP contribution in [-0.4, -0.2) is 63.8 Å². The largest absolute Gasteiger partial charge is 0.478 e. The van der Waals surface area contributed by atoms with Crippen LogP contribution in [0.2, 0.25) is 0 Å². The van der Waals surface area contributed by atoms with E-state index in [1.807, 2.05) is 78.9 Å². The lowest BCUT2D eigenvalue weighted by Crippen LogP contribution is -2.03. The summed E-state index contributed by atoms with van der Waals surface area (Å²) >= 11 is 0. The van der Waals surface area contributed by atoms with Gasteiger partial charge in [-0.05, 0) is 125 Å². The molecule has 0 saturated heterocycles. The lowest BCUT2D eigenvalue weighted by Gasteiger charge is -2.14. The predicted octanol–water partition coefficient (Wildman–Crippen LogP) is 11.6. The van der Waals surface area contributed by atoms with Crippen molar-refractivity contribution in [2.24, 2.45) is 0 Å². The molecule has 0 aliphatic carbocycles. The SMILES string of the molecule is O=C(O)c1ccc(-c2c3nc(c(-c4ccc(C(=O)O)cc4)c4ccc(c(-c5ccc(C(=O)O)cc5)c5nc(c(-c6ccc(C(=O)O)cc6)c6ccc2[nH]6)C=C5)n4Cc2ccccc2)C=C3)cc1. The molecule has 5 N–H and O–H groups in total. The van der Waals surface area contributed by atoms with E-state index in [-0.39, 0.29) is 22.3 Å². The van der Waals surface area contributed by atoms with Gasteiger partial charge < -0.3 is 30.0 Å². The Morgan fingerprint density at radius 3 is 1.03 bits per heavy atom. The number of fused-ring (bicyclic) bond motifs is 8. The summed E-state index contributed by atoms with van der Waals surface area (Å²) in [5.41, 5.74) is 12.0. The maximum absolute atomic E-state index is 12.1. The van der Waals surface area contributed by atoms with E-state index >= 15 is 0 Å². The summed E-state index contributed by atoms with van der Waals surface area (Å²) in [7, 11) is 0. The minimum atomic E-state index is -1.07. The van der Waals surface area contributed by atoms with Gasteiger partial charge in [-0.25, -0.2) is 29.1 Å². The fraction of sp³-hybridized carbons (Fsp3) is 0.0182. The molecular formula is C55H36N4O8. The Morgan fingerprint density at radius 1 is 0.388 bits per heavy atom. The Hall–Kier alpha value is -9.42. The number of aromatic amines is 1. The van der Waals surface area contributed by atoms with E-state index in [0.717, 1.165) is 16.6 Å². The number of aromatic nitrogens is 4. The van der Waals surface area contributed by atoms with Crippen LogP contribution >= 0.6 is 0 Å². The molecular weight excluding hydrogens is 845 g/mol. The van der Waals surface area contributed by atoms with Crippen molar-refractivity contribution in [1.29, 1.82) is 0 Å². The zero-order valence-corrected chi connectivity index (χ0v) is 35.2. The molecule has 0 radical (unpaired) electrons. The number of hydrogen-bond donors (Lipinski definition) is 5. The molecule has 5 aromatic carbocycles. The van der Waals surface area contributed by atoms with Gasteiger partial charge in [-0.15, -0.1) is 0 Å². The van der Waals surface area contributed by atoms with Gasteiger partial charge in [0.25, 0.3) is 0 Å². The van der Waals surface area contributed by atoms with Crippen molar-refractivity contribution in [3.8, 4) is 44.5 Å². The molecule has 0 fully saturated rings. The summed E-state index contributed by atoms with van der Waals surface area (Å²) in [5.74, 6) is -4.26. The van der Waals surface area contributed by atoms with E-state index in [0.29, 0.717) is 84.9 Å². The van der Waals surface area contributed by atoms with Gasteiger partial charge in [0.15, 0.2) is 0 Å². The first-order valence-electron chi connectivity index (χ1n) is 21.1. The topological polar surface area (TPSA) is 196 Å². The summed E-state index contributed by atoms with van der Waals surface area (Å²) in [5, 5.41) is 39.4. The van der Waals surface area contributed by atoms with E-state index in [9.17, 15) is 39.6 Å². The number of carboxylic acids is 4. The monoisotopic (exact) mass is 880 g/mol. The van der Waals surface area contributed by atoms with E-state index < -0.39 is 23.9 Å². The zero-order valence-electron chi connectivity index (χ0n) is 35.2. The van der Waals surface area contributed by atoms with Crippen LogP contribution in [0.3, 0.4) is 0 Å². The van der Waals surface area contributed by atoms with Gasteiger partial charge in [-0.3, -0.25) is 0 Å². The van der Waals surface area contributed by atoms with Crippen LogP contribution in [0.1, 0.15) is 69.8 Å². The van der Waals surface area contributed by atoms with E-state index in [4.69, 9.17) is 9.97 Å². The molecule has 2 aliphatic rings. The van der Waals surface area contributed by atoms with Crippen LogP contribution in [-0.2, 0) is 6.54 Å². The number of rotatable bonds is 10. The lowest BCUT2D eigenvalue weighted by atomic mass is 10.0. The highest BCUT2D eigenvalue weighted by Gasteiger charge is 2.22. The summed E-state index contributed by atoms with van der Waals surface area (Å²) in [6.07, 6.45) is 7.61. The fourth-order valence-corrected chi connectivity index (χ4v) is 8.66. The first kappa shape index (κ1) is 41.6. The normalized spacial score (nSPS) is 11.7. The molecule has 0 saturated carbocycles. The second kappa shape index (κ2) is 16.9. The predicted molar refractivity (Wildman–Crippen MR) is 258 cm³/mol. The van der Waals surface area contributed by atoms with Gasteiger partial charge in [0.2, 0.25) is 0 Å². The number of benzene rings is 5. The summed E-state index contributed by atoms with van der Waals surface area (Å²) in [4.78, 5) is 62.4. The fourth-order valence-electron chi connectivity index (χ4n) is 8.66. The highest BCUT2D eigenvalue weighted by atomic mass is 16.4. The van der Waals surface area contributed by atoms with Crippen LogP contribution in [0.5, 0.6) is 0 Å². The molecule has 12 heteroatoms. The number of nitrogens with zero attached hydrogens (tertiary/aromatic N) is 3. The molecule has 8 aromatic rings. The van der Waals surface area contributed by atoms with Gasteiger partial charge >= 0.3 is 23.9 Å². The van der Waals surface area contributed by atoms with Crippen LogP contribution in [0, 0.1) is 0 Å². The number of carboxylic acid groups (broad SMARTS) is 4. The number of aromatic carboxylic acids is 4. The first-order valence-corrected chi connectivity index (χ1v) is 21.1. The molecule has 12 nitrogen and oxygen atoms in total. The third-order valence-corrected chi connectivity index (χ3v) is 11.9. The summed E-state index contributed by atoms with van der Waals surface area (Å²) < 4.78 is 2.16. The van der Waals surface area contributed by atoms with Crippen LogP contribution < -0.4 is 0 Å². The maximum atomic E-state index is 12.1. The Balaban J connectivity index is 1.41. The van der Waals surface area contributed by atoms with E-state index in [2.05, 4.69) is 9.55 Å². The third kappa shape index (κ3) is 7.84. The molecule has 10 rings (SSSR count). The lowest BCUT2D eigenvalue weighted by molar-refractivity contribution is 0.0686. The molecule has 0 spiro atoms. The van der Waals surface area contributed by atoms with Crippen molar-refractivity contribution in [1.82, 2.24) is 19.5 Å². The number of hydrogen-bond acceptors (Lipinski definition) is 6. The molecule has 2 aliphatic heterocycles.